The number of aromatic nitrogens is 3. The third kappa shape index (κ3) is 5.13. The molecule has 0 unspecified atom stereocenters. The van der Waals surface area contributed by atoms with E-state index in [2.05, 4.69) is 34.8 Å². The highest BCUT2D eigenvalue weighted by Gasteiger charge is 2.37. The highest BCUT2D eigenvalue weighted by Crippen LogP contribution is 2.35. The summed E-state index contributed by atoms with van der Waals surface area (Å²) in [5.41, 5.74) is 1.80. The monoisotopic (exact) mass is 539 g/mol. The molecule has 1 aromatic carbocycles. The Hall–Kier alpha value is -3.78. The van der Waals surface area contributed by atoms with Gasteiger partial charge in [-0.3, -0.25) is 19.2 Å². The molecular formula is C28H35F2N7O2. The summed E-state index contributed by atoms with van der Waals surface area (Å²) in [6, 6.07) is 5.94. The van der Waals surface area contributed by atoms with Gasteiger partial charge in [-0.05, 0) is 37.5 Å². The van der Waals surface area contributed by atoms with Crippen LogP contribution in [0.1, 0.15) is 55.6 Å². The molecule has 3 heterocycles. The van der Waals surface area contributed by atoms with Gasteiger partial charge in [0.05, 0.1) is 23.5 Å². The molecule has 0 spiro atoms. The number of halogens is 2. The number of hydrogen-bond donors (Lipinski definition) is 0. The Morgan fingerprint density at radius 3 is 2.36 bits per heavy atom. The highest BCUT2D eigenvalue weighted by molar-refractivity contribution is 5.94. The lowest BCUT2D eigenvalue weighted by Gasteiger charge is -2.49. The Bertz CT molecular complexity index is 1470. The number of hydrogen-bond acceptors (Lipinski definition) is 6. The topological polar surface area (TPSA) is 90.4 Å². The quantitative estimate of drug-likeness (QED) is 0.455. The molecule has 1 aliphatic heterocycles. The normalized spacial score (nSPS) is 18.8. The summed E-state index contributed by atoms with van der Waals surface area (Å²) >= 11 is 0. The van der Waals surface area contributed by atoms with Crippen molar-refractivity contribution in [2.75, 3.05) is 32.1 Å². The minimum atomic E-state index is -0.871. The maximum Gasteiger partial charge on any atom is 0.259 e. The molecule has 1 aliphatic rings. The van der Waals surface area contributed by atoms with Gasteiger partial charge in [0.25, 0.3) is 11.5 Å². The molecule has 2 aromatic heterocycles. The van der Waals surface area contributed by atoms with Gasteiger partial charge in [0.2, 0.25) is 0 Å². The van der Waals surface area contributed by atoms with Crippen LogP contribution in [0.15, 0.2) is 29.2 Å². The van der Waals surface area contributed by atoms with E-state index in [4.69, 9.17) is 5.26 Å². The van der Waals surface area contributed by atoms with Gasteiger partial charge in [-0.1, -0.05) is 13.8 Å². The van der Waals surface area contributed by atoms with Crippen molar-refractivity contribution in [1.82, 2.24) is 24.1 Å². The van der Waals surface area contributed by atoms with Crippen LogP contribution in [-0.2, 0) is 13.6 Å². The van der Waals surface area contributed by atoms with Crippen molar-refractivity contribution in [3.63, 3.8) is 0 Å². The molecule has 0 aliphatic carbocycles. The zero-order chi connectivity index (χ0) is 28.6. The lowest BCUT2D eigenvalue weighted by atomic mass is 9.95. The maximum atomic E-state index is 15.0. The molecule has 3 aromatic rings. The molecule has 0 saturated carbocycles. The van der Waals surface area contributed by atoms with E-state index in [-0.39, 0.29) is 30.2 Å². The number of rotatable bonds is 7. The zero-order valence-electron chi connectivity index (χ0n) is 23.3. The molecule has 0 radical (unpaired) electrons. The van der Waals surface area contributed by atoms with Crippen LogP contribution in [-0.4, -0.2) is 69.3 Å². The van der Waals surface area contributed by atoms with Crippen LogP contribution in [0.3, 0.4) is 0 Å². The minimum Gasteiger partial charge on any atom is -0.364 e. The van der Waals surface area contributed by atoms with Gasteiger partial charge in [-0.2, -0.15) is 10.4 Å². The first-order valence-corrected chi connectivity index (χ1v) is 13.2. The van der Waals surface area contributed by atoms with Gasteiger partial charge in [0, 0.05) is 58.4 Å². The first-order valence-electron chi connectivity index (χ1n) is 13.2. The molecule has 11 heteroatoms. The molecule has 4 rings (SSSR count). The summed E-state index contributed by atoms with van der Waals surface area (Å²) in [5.74, 6) is -2.46. The van der Waals surface area contributed by atoms with Crippen LogP contribution in [0.2, 0.25) is 0 Å². The minimum absolute atomic E-state index is 0.0101. The molecule has 9 nitrogen and oxygen atoms in total. The van der Waals surface area contributed by atoms with Crippen LogP contribution >= 0.6 is 0 Å². The van der Waals surface area contributed by atoms with Crippen LogP contribution < -0.4 is 10.5 Å². The fraction of sp³-hybridized carbons (Fsp3) is 0.500. The van der Waals surface area contributed by atoms with E-state index >= 15 is 0 Å². The molecule has 0 N–H and O–H groups in total. The number of carbonyl (C=O) groups excluding carboxylic acids is 1. The van der Waals surface area contributed by atoms with Crippen molar-refractivity contribution in [2.24, 2.45) is 7.05 Å². The number of anilines is 1. The number of fused-ring (bicyclic) bond motifs is 1. The fourth-order valence-corrected chi connectivity index (χ4v) is 5.52. The summed E-state index contributed by atoms with van der Waals surface area (Å²) in [7, 11) is 4.60. The van der Waals surface area contributed by atoms with E-state index in [0.29, 0.717) is 29.7 Å². The summed E-state index contributed by atoms with van der Waals surface area (Å²) in [6.07, 6.45) is 3.26. The largest absolute Gasteiger partial charge is 0.364 e. The summed E-state index contributed by atoms with van der Waals surface area (Å²) in [4.78, 5) is 30.8. The number of benzene rings is 1. The second-order valence-corrected chi connectivity index (χ2v) is 10.4. The molecule has 208 valence electrons. The third-order valence-electron chi connectivity index (χ3n) is 7.82. The molecule has 0 bridgehead atoms. The van der Waals surface area contributed by atoms with E-state index in [0.717, 1.165) is 23.4 Å². The Balaban J connectivity index is 1.70. The fourth-order valence-electron chi connectivity index (χ4n) is 5.52. The zero-order valence-corrected chi connectivity index (χ0v) is 23.3. The first kappa shape index (κ1) is 28.2. The van der Waals surface area contributed by atoms with Crippen molar-refractivity contribution in [1.29, 1.82) is 5.26 Å². The second-order valence-electron chi connectivity index (χ2n) is 10.4. The second kappa shape index (κ2) is 11.1. The van der Waals surface area contributed by atoms with E-state index < -0.39 is 23.1 Å². The maximum absolute atomic E-state index is 15.0. The number of aryl methyl sites for hydroxylation is 1. The van der Waals surface area contributed by atoms with Crippen molar-refractivity contribution < 1.29 is 13.6 Å². The lowest BCUT2D eigenvalue weighted by Crippen LogP contribution is -2.58. The van der Waals surface area contributed by atoms with Gasteiger partial charge in [-0.15, -0.1) is 0 Å². The molecule has 1 amide bonds. The average Bonchev–Trinajstić information content (AvgIpc) is 3.33. The summed E-state index contributed by atoms with van der Waals surface area (Å²) in [5, 5.41) is 13.8. The van der Waals surface area contributed by atoms with Crippen LogP contribution in [0.5, 0.6) is 0 Å². The Labute approximate surface area is 226 Å². The summed E-state index contributed by atoms with van der Waals surface area (Å²) < 4.78 is 33.0. The predicted octanol–water partition coefficient (Wildman–Crippen LogP) is 3.68. The van der Waals surface area contributed by atoms with E-state index in [1.54, 1.807) is 19.3 Å². The van der Waals surface area contributed by atoms with Gasteiger partial charge in [0.1, 0.15) is 29.3 Å². The predicted molar refractivity (Wildman–Crippen MR) is 146 cm³/mol. The number of piperazine rings is 1. The number of pyridine rings is 1. The average molecular weight is 540 g/mol. The number of nitrogens with zero attached hydrogens (tertiary/aromatic N) is 7. The van der Waals surface area contributed by atoms with Gasteiger partial charge >= 0.3 is 0 Å². The standard InChI is InChI=1S/C28H35F2N7O2/c1-7-19-15-37(23-13-25(38)34(6)24-16-35(10-9-31)32-27(23)24)20(8-2)14-36(19)17(3)18-11-21(29)26(22(30)12-18)28(39)33(4)5/h11-13,16-17,19-20H,7-8,10,14-15H2,1-6H3/t17-,19+,20-/m0/s1. The third-order valence-corrected chi connectivity index (χ3v) is 7.82. The Morgan fingerprint density at radius 2 is 1.79 bits per heavy atom. The first-order chi connectivity index (χ1) is 18.5. The van der Waals surface area contributed by atoms with Gasteiger partial charge in [-0.25, -0.2) is 8.78 Å². The Morgan fingerprint density at radius 1 is 1.15 bits per heavy atom. The van der Waals surface area contributed by atoms with Crippen LogP contribution in [0.4, 0.5) is 14.5 Å². The number of carbonyl (C=O) groups is 1. The Kier molecular flexibility index (Phi) is 8.07. The van der Waals surface area contributed by atoms with Crippen molar-refractivity contribution in [3.8, 4) is 6.07 Å². The highest BCUT2D eigenvalue weighted by atomic mass is 19.1. The van der Waals surface area contributed by atoms with Crippen molar-refractivity contribution in [2.45, 2.75) is 58.3 Å². The van der Waals surface area contributed by atoms with E-state index in [9.17, 15) is 18.4 Å². The van der Waals surface area contributed by atoms with E-state index in [1.807, 2.05) is 6.92 Å². The molecular weight excluding hydrogens is 504 g/mol. The van der Waals surface area contributed by atoms with Gasteiger partial charge < -0.3 is 14.4 Å². The van der Waals surface area contributed by atoms with Crippen molar-refractivity contribution >= 4 is 22.6 Å². The number of nitriles is 1. The van der Waals surface area contributed by atoms with Crippen molar-refractivity contribution in [3.05, 3.63) is 57.5 Å². The SMILES string of the molecule is CC[C@H]1CN([C@@H](C)c2cc(F)c(C(=O)N(C)C)c(F)c2)[C@H](CC)CN1c1cc(=O)n(C)c2cn(CC#N)nc12. The van der Waals surface area contributed by atoms with E-state index in [1.165, 1.54) is 35.5 Å². The van der Waals surface area contributed by atoms with Gasteiger partial charge in [0.15, 0.2) is 0 Å². The number of amides is 1. The van der Waals surface area contributed by atoms with Crippen LogP contribution in [0.25, 0.3) is 11.0 Å². The molecule has 1 saturated heterocycles. The smallest absolute Gasteiger partial charge is 0.259 e. The molecule has 1 fully saturated rings. The summed E-state index contributed by atoms with van der Waals surface area (Å²) in [6.45, 7) is 7.33. The lowest BCUT2D eigenvalue weighted by molar-refractivity contribution is 0.0817. The molecule has 39 heavy (non-hydrogen) atoms. The molecule has 3 atom stereocenters. The van der Waals surface area contributed by atoms with Crippen LogP contribution in [0, 0.1) is 23.0 Å².